The van der Waals surface area contributed by atoms with E-state index in [1.165, 1.54) is 11.1 Å². The Morgan fingerprint density at radius 3 is 2.54 bits per heavy atom. The van der Waals surface area contributed by atoms with Gasteiger partial charge in [0.25, 0.3) is 0 Å². The van der Waals surface area contributed by atoms with Crippen molar-refractivity contribution in [2.45, 2.75) is 24.8 Å². The first kappa shape index (κ1) is 19.0. The van der Waals surface area contributed by atoms with Crippen LogP contribution in [0.2, 0.25) is 0 Å². The van der Waals surface area contributed by atoms with Gasteiger partial charge in [-0.25, -0.2) is 0 Å². The van der Waals surface area contributed by atoms with Crippen LogP contribution in [0, 0.1) is 0 Å². The predicted molar refractivity (Wildman–Crippen MR) is 105 cm³/mol. The second-order valence-electron chi connectivity index (χ2n) is 7.46. The van der Waals surface area contributed by atoms with E-state index in [-0.39, 0.29) is 5.78 Å². The van der Waals surface area contributed by atoms with Gasteiger partial charge in [-0.2, -0.15) is 0 Å². The molecule has 0 saturated carbocycles. The molecule has 0 amide bonds. The number of nitrogens with zero attached hydrogens (tertiary/aromatic N) is 2. The standard InChI is InChI=1S/C22H30N2O2/c1-23(2)22(17-19-7-4-3-5-8-19)18-20(10-11-21(22)25)9-6-12-24-13-15-26-16-14-24/h3-5,7-8,10-11,18H,6,9,12-17H2,1-2H3. The maximum atomic E-state index is 12.8. The highest BCUT2D eigenvalue weighted by Crippen LogP contribution is 2.29. The van der Waals surface area contributed by atoms with Crippen LogP contribution in [-0.2, 0) is 16.0 Å². The molecular formula is C22H30N2O2. The molecule has 1 aliphatic carbocycles. The monoisotopic (exact) mass is 354 g/mol. The largest absolute Gasteiger partial charge is 0.379 e. The van der Waals surface area contributed by atoms with Crippen LogP contribution in [0.15, 0.2) is 54.1 Å². The van der Waals surface area contributed by atoms with Crippen LogP contribution in [0.5, 0.6) is 0 Å². The summed E-state index contributed by atoms with van der Waals surface area (Å²) >= 11 is 0. The van der Waals surface area contributed by atoms with Crippen molar-refractivity contribution in [3.63, 3.8) is 0 Å². The number of ether oxygens (including phenoxy) is 1. The number of carbonyl (C=O) groups excluding carboxylic acids is 1. The van der Waals surface area contributed by atoms with Crippen molar-refractivity contribution in [1.29, 1.82) is 0 Å². The minimum Gasteiger partial charge on any atom is -0.379 e. The highest BCUT2D eigenvalue weighted by molar-refractivity contribution is 6.01. The fourth-order valence-electron chi connectivity index (χ4n) is 3.79. The zero-order valence-electron chi connectivity index (χ0n) is 16.0. The van der Waals surface area contributed by atoms with Crippen LogP contribution in [0.1, 0.15) is 18.4 Å². The molecule has 4 heteroatoms. The molecule has 1 aromatic carbocycles. The maximum absolute atomic E-state index is 12.8. The molecule has 0 bridgehead atoms. The number of hydrogen-bond acceptors (Lipinski definition) is 4. The van der Waals surface area contributed by atoms with Gasteiger partial charge < -0.3 is 4.74 Å². The minimum atomic E-state index is -0.579. The average molecular weight is 354 g/mol. The summed E-state index contributed by atoms with van der Waals surface area (Å²) in [7, 11) is 4.00. The zero-order chi connectivity index (χ0) is 18.4. The summed E-state index contributed by atoms with van der Waals surface area (Å²) in [6.45, 7) is 4.85. The Morgan fingerprint density at radius 2 is 1.85 bits per heavy atom. The Balaban J connectivity index is 1.69. The fraction of sp³-hybridized carbons (Fsp3) is 0.500. The van der Waals surface area contributed by atoms with E-state index in [0.29, 0.717) is 6.42 Å². The Labute approximate surface area is 157 Å². The molecule has 2 aliphatic rings. The molecule has 1 heterocycles. The van der Waals surface area contributed by atoms with Gasteiger partial charge in [0.15, 0.2) is 5.78 Å². The molecule has 4 nitrogen and oxygen atoms in total. The third-order valence-electron chi connectivity index (χ3n) is 5.46. The van der Waals surface area contributed by atoms with Crippen LogP contribution < -0.4 is 0 Å². The molecule has 1 unspecified atom stereocenters. The normalized spacial score (nSPS) is 24.1. The molecular weight excluding hydrogens is 324 g/mol. The molecule has 0 radical (unpaired) electrons. The van der Waals surface area contributed by atoms with E-state index < -0.39 is 5.54 Å². The van der Waals surface area contributed by atoms with E-state index in [1.807, 2.05) is 38.4 Å². The van der Waals surface area contributed by atoms with Crippen LogP contribution >= 0.6 is 0 Å². The van der Waals surface area contributed by atoms with Crippen LogP contribution in [0.4, 0.5) is 0 Å². The Kier molecular flexibility index (Phi) is 6.41. The summed E-state index contributed by atoms with van der Waals surface area (Å²) < 4.78 is 5.41. The Bertz CT molecular complexity index is 660. The lowest BCUT2D eigenvalue weighted by Crippen LogP contribution is -2.52. The number of allylic oxidation sites excluding steroid dienone is 2. The number of ketones is 1. The van der Waals surface area contributed by atoms with E-state index in [1.54, 1.807) is 6.08 Å². The molecule has 0 N–H and O–H groups in total. The molecule has 26 heavy (non-hydrogen) atoms. The SMILES string of the molecule is CN(C)C1(Cc2ccccc2)C=C(CCCN2CCOCC2)C=CC1=O. The van der Waals surface area contributed by atoms with Gasteiger partial charge in [-0.15, -0.1) is 0 Å². The smallest absolute Gasteiger partial charge is 0.180 e. The molecule has 1 aromatic rings. The van der Waals surface area contributed by atoms with Crippen LogP contribution in [0.25, 0.3) is 0 Å². The summed E-state index contributed by atoms with van der Waals surface area (Å²) in [6, 6.07) is 10.3. The second kappa shape index (κ2) is 8.76. The second-order valence-corrected chi connectivity index (χ2v) is 7.46. The molecule has 1 aliphatic heterocycles. The maximum Gasteiger partial charge on any atom is 0.180 e. The van der Waals surface area contributed by atoms with Gasteiger partial charge in [-0.05, 0) is 50.7 Å². The summed E-state index contributed by atoms with van der Waals surface area (Å²) in [5, 5.41) is 0. The van der Waals surface area contributed by atoms with Crippen molar-refractivity contribution in [2.75, 3.05) is 46.9 Å². The predicted octanol–water partition coefficient (Wildman–Crippen LogP) is 2.71. The van der Waals surface area contributed by atoms with Crippen molar-refractivity contribution >= 4 is 5.78 Å². The first-order chi connectivity index (χ1) is 12.6. The fourth-order valence-corrected chi connectivity index (χ4v) is 3.79. The number of likely N-dealkylation sites (N-methyl/N-ethyl adjacent to an activating group) is 1. The molecule has 1 saturated heterocycles. The number of hydrogen-bond donors (Lipinski definition) is 0. The third-order valence-corrected chi connectivity index (χ3v) is 5.46. The highest BCUT2D eigenvalue weighted by Gasteiger charge is 2.39. The Morgan fingerprint density at radius 1 is 1.12 bits per heavy atom. The highest BCUT2D eigenvalue weighted by atomic mass is 16.5. The third kappa shape index (κ3) is 4.50. The van der Waals surface area contributed by atoms with E-state index in [4.69, 9.17) is 4.74 Å². The van der Waals surface area contributed by atoms with Gasteiger partial charge >= 0.3 is 0 Å². The molecule has 140 valence electrons. The summed E-state index contributed by atoms with van der Waals surface area (Å²) in [5.74, 6) is 0.170. The number of morpholine rings is 1. The quantitative estimate of drug-likeness (QED) is 0.754. The van der Waals surface area contributed by atoms with Crippen molar-refractivity contribution in [3.05, 3.63) is 59.7 Å². The Hall–Kier alpha value is -1.75. The van der Waals surface area contributed by atoms with Crippen molar-refractivity contribution in [2.24, 2.45) is 0 Å². The average Bonchev–Trinajstić information content (AvgIpc) is 2.66. The van der Waals surface area contributed by atoms with E-state index in [0.717, 1.165) is 45.7 Å². The number of carbonyl (C=O) groups is 1. The lowest BCUT2D eigenvalue weighted by atomic mass is 9.80. The van der Waals surface area contributed by atoms with E-state index in [9.17, 15) is 4.79 Å². The van der Waals surface area contributed by atoms with Gasteiger partial charge in [0.1, 0.15) is 5.54 Å². The lowest BCUT2D eigenvalue weighted by Gasteiger charge is -2.38. The number of benzene rings is 1. The lowest BCUT2D eigenvalue weighted by molar-refractivity contribution is -0.122. The molecule has 3 rings (SSSR count). The van der Waals surface area contributed by atoms with E-state index >= 15 is 0 Å². The van der Waals surface area contributed by atoms with Crippen LogP contribution in [0.3, 0.4) is 0 Å². The minimum absolute atomic E-state index is 0.170. The van der Waals surface area contributed by atoms with Crippen molar-refractivity contribution in [3.8, 4) is 0 Å². The summed E-state index contributed by atoms with van der Waals surface area (Å²) in [6.07, 6.45) is 8.80. The van der Waals surface area contributed by atoms with Gasteiger partial charge in [-0.1, -0.05) is 42.5 Å². The van der Waals surface area contributed by atoms with E-state index in [2.05, 4.69) is 28.0 Å². The first-order valence-electron chi connectivity index (χ1n) is 9.56. The van der Waals surface area contributed by atoms with Gasteiger partial charge in [0, 0.05) is 19.5 Å². The van der Waals surface area contributed by atoms with Crippen molar-refractivity contribution in [1.82, 2.24) is 9.80 Å². The van der Waals surface area contributed by atoms with Gasteiger partial charge in [0.2, 0.25) is 0 Å². The number of rotatable bonds is 7. The molecule has 0 spiro atoms. The molecule has 0 aromatic heterocycles. The van der Waals surface area contributed by atoms with Crippen LogP contribution in [-0.4, -0.2) is 68.1 Å². The topological polar surface area (TPSA) is 32.8 Å². The first-order valence-corrected chi connectivity index (χ1v) is 9.56. The zero-order valence-corrected chi connectivity index (χ0v) is 16.0. The summed E-state index contributed by atoms with van der Waals surface area (Å²) in [4.78, 5) is 17.4. The van der Waals surface area contributed by atoms with Gasteiger partial charge in [-0.3, -0.25) is 14.6 Å². The molecule has 1 atom stereocenters. The van der Waals surface area contributed by atoms with Gasteiger partial charge in [0.05, 0.1) is 13.2 Å². The molecule has 1 fully saturated rings. The van der Waals surface area contributed by atoms with Crippen molar-refractivity contribution < 1.29 is 9.53 Å². The summed E-state index contributed by atoms with van der Waals surface area (Å²) in [5.41, 5.74) is 1.88.